The molecule has 0 aliphatic carbocycles. The molecule has 3 nitrogen and oxygen atoms in total. The average Bonchev–Trinajstić information content (AvgIpc) is 2.19. The van der Waals surface area contributed by atoms with Crippen molar-refractivity contribution >= 4 is 0 Å². The second-order valence-corrected chi connectivity index (χ2v) is 2.00. The number of hydrogen-bond donors (Lipinski definition) is 2. The molecular weight excluding hydrogens is 104 g/mol. The number of nitrogens with one attached hydrogen (secondary N) is 1. The molecule has 0 atom stereocenters. The van der Waals surface area contributed by atoms with Crippen LogP contribution in [0.15, 0.2) is 0 Å². The molecule has 0 radical (unpaired) electrons. The van der Waals surface area contributed by atoms with Gasteiger partial charge in [0.2, 0.25) is 0 Å². The molecule has 1 saturated heterocycles. The lowest BCUT2D eigenvalue weighted by Gasteiger charge is -2.09. The molecular formula is C5H12N2O. The molecule has 0 bridgehead atoms. The largest absolute Gasteiger partial charge is 0.395 e. The van der Waals surface area contributed by atoms with E-state index < -0.39 is 0 Å². The van der Waals surface area contributed by atoms with Crippen LogP contribution >= 0.6 is 0 Å². The topological polar surface area (TPSA) is 35.5 Å². The summed E-state index contributed by atoms with van der Waals surface area (Å²) in [5.41, 5.74) is 0. The number of hydrogen-bond acceptors (Lipinski definition) is 3. The van der Waals surface area contributed by atoms with Crippen LogP contribution in [-0.4, -0.2) is 42.9 Å². The zero-order chi connectivity index (χ0) is 5.82. The zero-order valence-corrected chi connectivity index (χ0v) is 4.93. The van der Waals surface area contributed by atoms with Crippen LogP contribution in [0.1, 0.15) is 0 Å². The van der Waals surface area contributed by atoms with E-state index in [9.17, 15) is 0 Å². The third-order valence-electron chi connectivity index (χ3n) is 1.36. The molecule has 1 aliphatic rings. The van der Waals surface area contributed by atoms with Crippen LogP contribution in [0, 0.1) is 0 Å². The highest BCUT2D eigenvalue weighted by molar-refractivity contribution is 4.64. The Morgan fingerprint density at radius 2 is 2.50 bits per heavy atom. The van der Waals surface area contributed by atoms with Gasteiger partial charge in [0.25, 0.3) is 0 Å². The Morgan fingerprint density at radius 1 is 1.62 bits per heavy atom. The van der Waals surface area contributed by atoms with Crippen molar-refractivity contribution in [2.45, 2.75) is 0 Å². The summed E-state index contributed by atoms with van der Waals surface area (Å²) < 4.78 is 0. The van der Waals surface area contributed by atoms with Gasteiger partial charge in [-0.1, -0.05) is 0 Å². The first-order valence-corrected chi connectivity index (χ1v) is 2.97. The number of rotatable bonds is 2. The van der Waals surface area contributed by atoms with Gasteiger partial charge in [-0.2, -0.15) is 0 Å². The van der Waals surface area contributed by atoms with Crippen LogP contribution in [-0.2, 0) is 0 Å². The molecule has 8 heavy (non-hydrogen) atoms. The Kier molecular flexibility index (Phi) is 2.27. The quantitative estimate of drug-likeness (QED) is 0.478. The van der Waals surface area contributed by atoms with Crippen molar-refractivity contribution in [3.63, 3.8) is 0 Å². The van der Waals surface area contributed by atoms with Gasteiger partial charge in [-0.3, -0.25) is 4.90 Å². The van der Waals surface area contributed by atoms with Gasteiger partial charge in [0.1, 0.15) is 0 Å². The summed E-state index contributed by atoms with van der Waals surface area (Å²) in [6.45, 7) is 4.19. The minimum absolute atomic E-state index is 0.279. The van der Waals surface area contributed by atoms with Crippen LogP contribution in [0.4, 0.5) is 0 Å². The highest BCUT2D eigenvalue weighted by Gasteiger charge is 2.07. The molecule has 0 aromatic heterocycles. The highest BCUT2D eigenvalue weighted by Crippen LogP contribution is 1.88. The lowest BCUT2D eigenvalue weighted by atomic mass is 10.5. The highest BCUT2D eigenvalue weighted by atomic mass is 16.3. The van der Waals surface area contributed by atoms with Crippen LogP contribution < -0.4 is 5.32 Å². The molecule has 1 aliphatic heterocycles. The summed E-state index contributed by atoms with van der Waals surface area (Å²) in [6.07, 6.45) is 0. The van der Waals surface area contributed by atoms with E-state index >= 15 is 0 Å². The molecule has 2 N–H and O–H groups in total. The summed E-state index contributed by atoms with van der Waals surface area (Å²) in [5.74, 6) is 0. The fraction of sp³-hybridized carbons (Fsp3) is 1.00. The summed E-state index contributed by atoms with van der Waals surface area (Å²) in [6, 6.07) is 0. The van der Waals surface area contributed by atoms with Gasteiger partial charge >= 0.3 is 0 Å². The van der Waals surface area contributed by atoms with Crippen LogP contribution in [0.25, 0.3) is 0 Å². The third-order valence-corrected chi connectivity index (χ3v) is 1.36. The van der Waals surface area contributed by atoms with Crippen molar-refractivity contribution in [3.8, 4) is 0 Å². The molecule has 0 amide bonds. The van der Waals surface area contributed by atoms with E-state index in [-0.39, 0.29) is 6.61 Å². The van der Waals surface area contributed by atoms with Crippen molar-refractivity contribution in [1.82, 2.24) is 10.2 Å². The molecule has 48 valence electrons. The van der Waals surface area contributed by atoms with Gasteiger partial charge in [-0.15, -0.1) is 0 Å². The Labute approximate surface area is 49.3 Å². The van der Waals surface area contributed by atoms with Gasteiger partial charge in [0.05, 0.1) is 6.61 Å². The van der Waals surface area contributed by atoms with Gasteiger partial charge < -0.3 is 10.4 Å². The molecule has 1 heterocycles. The molecule has 0 saturated carbocycles. The minimum atomic E-state index is 0.279. The number of β-amino-alcohol motifs (C(OH)–C–C–N with tert-alkyl or cyclic N) is 1. The zero-order valence-electron chi connectivity index (χ0n) is 4.93. The van der Waals surface area contributed by atoms with Crippen LogP contribution in [0.3, 0.4) is 0 Å². The van der Waals surface area contributed by atoms with E-state index in [4.69, 9.17) is 5.11 Å². The number of nitrogens with zero attached hydrogens (tertiary/aromatic N) is 1. The molecule has 0 aromatic carbocycles. The second-order valence-electron chi connectivity index (χ2n) is 2.00. The second kappa shape index (κ2) is 3.02. The maximum Gasteiger partial charge on any atom is 0.0558 e. The van der Waals surface area contributed by atoms with Crippen molar-refractivity contribution in [3.05, 3.63) is 0 Å². The number of aliphatic hydroxyl groups excluding tert-OH is 1. The minimum Gasteiger partial charge on any atom is -0.395 e. The summed E-state index contributed by atoms with van der Waals surface area (Å²) in [7, 11) is 0. The van der Waals surface area contributed by atoms with E-state index in [1.54, 1.807) is 0 Å². The smallest absolute Gasteiger partial charge is 0.0558 e. The lowest BCUT2D eigenvalue weighted by molar-refractivity contribution is 0.220. The van der Waals surface area contributed by atoms with Crippen molar-refractivity contribution in [2.24, 2.45) is 0 Å². The lowest BCUT2D eigenvalue weighted by Crippen LogP contribution is -2.25. The van der Waals surface area contributed by atoms with Gasteiger partial charge in [-0.05, 0) is 0 Å². The van der Waals surface area contributed by atoms with E-state index in [0.717, 1.165) is 26.3 Å². The Balaban J connectivity index is 2.06. The van der Waals surface area contributed by atoms with Crippen molar-refractivity contribution < 1.29 is 5.11 Å². The molecule has 0 unspecified atom stereocenters. The fourth-order valence-electron chi connectivity index (χ4n) is 0.886. The van der Waals surface area contributed by atoms with Gasteiger partial charge in [0, 0.05) is 26.3 Å². The van der Waals surface area contributed by atoms with Gasteiger partial charge in [0.15, 0.2) is 0 Å². The SMILES string of the molecule is OCCN1CCNC1. The monoisotopic (exact) mass is 116 g/mol. The first kappa shape index (κ1) is 6.01. The van der Waals surface area contributed by atoms with Crippen molar-refractivity contribution in [1.29, 1.82) is 0 Å². The van der Waals surface area contributed by atoms with Crippen LogP contribution in [0.2, 0.25) is 0 Å². The summed E-state index contributed by atoms with van der Waals surface area (Å²) in [5, 5.41) is 11.6. The first-order chi connectivity index (χ1) is 3.93. The van der Waals surface area contributed by atoms with E-state index in [0.29, 0.717) is 0 Å². The Morgan fingerprint density at radius 3 is 3.00 bits per heavy atom. The predicted octanol–water partition coefficient (Wildman–Crippen LogP) is -1.16. The third kappa shape index (κ3) is 1.43. The normalized spacial score (nSPS) is 22.1. The molecule has 0 aromatic rings. The Hall–Kier alpha value is -0.120. The average molecular weight is 116 g/mol. The first-order valence-electron chi connectivity index (χ1n) is 2.97. The van der Waals surface area contributed by atoms with Crippen molar-refractivity contribution in [2.75, 3.05) is 32.9 Å². The standard InChI is InChI=1S/C5H12N2O/c8-4-3-7-2-1-6-5-7/h6,8H,1-5H2. The van der Waals surface area contributed by atoms with E-state index in [1.807, 2.05) is 0 Å². The summed E-state index contributed by atoms with van der Waals surface area (Å²) >= 11 is 0. The predicted molar refractivity (Wildman–Crippen MR) is 31.5 cm³/mol. The molecule has 1 fully saturated rings. The van der Waals surface area contributed by atoms with E-state index in [2.05, 4.69) is 10.2 Å². The molecule has 1 rings (SSSR count). The fourth-order valence-corrected chi connectivity index (χ4v) is 0.886. The van der Waals surface area contributed by atoms with Gasteiger partial charge in [-0.25, -0.2) is 0 Å². The van der Waals surface area contributed by atoms with E-state index in [1.165, 1.54) is 0 Å². The number of aliphatic hydroxyl groups is 1. The molecule has 0 spiro atoms. The molecule has 3 heteroatoms. The van der Waals surface area contributed by atoms with Crippen LogP contribution in [0.5, 0.6) is 0 Å². The maximum absolute atomic E-state index is 8.46. The summed E-state index contributed by atoms with van der Waals surface area (Å²) in [4.78, 5) is 2.18. The Bertz CT molecular complexity index is 61.4. The maximum atomic E-state index is 8.46.